The molecule has 1 heterocycles. The highest BCUT2D eigenvalue weighted by atomic mass is 79.9. The van der Waals surface area contributed by atoms with Crippen molar-refractivity contribution in [2.75, 3.05) is 7.05 Å². The van der Waals surface area contributed by atoms with Crippen molar-refractivity contribution >= 4 is 43.5 Å². The summed E-state index contributed by atoms with van der Waals surface area (Å²) in [6.07, 6.45) is 1.53. The first kappa shape index (κ1) is 15.2. The zero-order valence-electron chi connectivity index (χ0n) is 10.9. The lowest BCUT2D eigenvalue weighted by Gasteiger charge is -2.13. The predicted octanol–water partition coefficient (Wildman–Crippen LogP) is 3.47. The van der Waals surface area contributed by atoms with Crippen LogP contribution < -0.4 is 0 Å². The zero-order chi connectivity index (χ0) is 14.8. The summed E-state index contributed by atoms with van der Waals surface area (Å²) in [6, 6.07) is 10.4. The number of halogens is 1. The summed E-state index contributed by atoms with van der Waals surface area (Å²) < 4.78 is 26.5. The molecule has 0 aliphatic heterocycles. The van der Waals surface area contributed by atoms with Crippen LogP contribution in [0.1, 0.15) is 10.4 Å². The molecule has 106 valence electrons. The average molecular weight is 373 g/mol. The van der Waals surface area contributed by atoms with Gasteiger partial charge in [0.1, 0.15) is 0 Å². The fraction of sp³-hybridized carbons (Fsp3) is 0.154. The first-order chi connectivity index (χ1) is 9.39. The molecule has 0 spiro atoms. The van der Waals surface area contributed by atoms with Crippen LogP contribution in [0, 0.1) is 6.92 Å². The van der Waals surface area contributed by atoms with E-state index in [-0.39, 0.29) is 4.90 Å². The van der Waals surface area contributed by atoms with Crippen LogP contribution in [0.3, 0.4) is 0 Å². The van der Waals surface area contributed by atoms with Gasteiger partial charge in [-0.15, -0.1) is 11.3 Å². The first-order valence-electron chi connectivity index (χ1n) is 5.74. The van der Waals surface area contributed by atoms with Gasteiger partial charge in [0.15, 0.2) is 0 Å². The van der Waals surface area contributed by atoms with Crippen molar-refractivity contribution in [2.45, 2.75) is 11.8 Å². The molecular formula is C13H13BrN2O2S2. The quantitative estimate of drug-likeness (QED) is 0.609. The molecular weight excluding hydrogens is 360 g/mol. The molecule has 20 heavy (non-hydrogen) atoms. The Morgan fingerprint density at radius 2 is 1.85 bits per heavy atom. The summed E-state index contributed by atoms with van der Waals surface area (Å²) in [7, 11) is -2.17. The van der Waals surface area contributed by atoms with Gasteiger partial charge in [0.05, 0.1) is 14.9 Å². The number of sulfonamides is 1. The maximum atomic E-state index is 12.3. The van der Waals surface area contributed by atoms with Crippen LogP contribution in [-0.4, -0.2) is 26.1 Å². The topological polar surface area (TPSA) is 49.7 Å². The molecule has 0 atom stereocenters. The number of aryl methyl sites for hydroxylation is 1. The zero-order valence-corrected chi connectivity index (χ0v) is 14.2. The molecule has 1 aromatic heterocycles. The summed E-state index contributed by atoms with van der Waals surface area (Å²) in [5.74, 6) is 0. The van der Waals surface area contributed by atoms with E-state index in [1.165, 1.54) is 24.6 Å². The number of benzene rings is 1. The highest BCUT2D eigenvalue weighted by molar-refractivity contribution is 9.11. The number of hydrogen-bond acceptors (Lipinski definition) is 4. The Labute approximate surface area is 130 Å². The van der Waals surface area contributed by atoms with Crippen molar-refractivity contribution in [3.8, 4) is 0 Å². The number of hydrazone groups is 1. The molecule has 0 saturated heterocycles. The van der Waals surface area contributed by atoms with Crippen LogP contribution in [0.15, 0.2) is 50.2 Å². The Balaban J connectivity index is 2.21. The van der Waals surface area contributed by atoms with Crippen LogP contribution >= 0.6 is 27.3 Å². The Hall–Kier alpha value is -1.18. The van der Waals surface area contributed by atoms with Crippen molar-refractivity contribution in [3.63, 3.8) is 0 Å². The van der Waals surface area contributed by atoms with E-state index < -0.39 is 10.0 Å². The van der Waals surface area contributed by atoms with Crippen molar-refractivity contribution in [1.82, 2.24) is 4.41 Å². The van der Waals surface area contributed by atoms with Gasteiger partial charge in [0.2, 0.25) is 0 Å². The number of nitrogens with zero attached hydrogens (tertiary/aromatic N) is 2. The van der Waals surface area contributed by atoms with Gasteiger partial charge in [-0.05, 0) is 47.1 Å². The summed E-state index contributed by atoms with van der Waals surface area (Å²) in [5, 5.41) is 3.99. The van der Waals surface area contributed by atoms with Crippen LogP contribution in [0.25, 0.3) is 0 Å². The van der Waals surface area contributed by atoms with Gasteiger partial charge in [-0.2, -0.15) is 17.9 Å². The van der Waals surface area contributed by atoms with Crippen LogP contribution in [0.4, 0.5) is 0 Å². The average Bonchev–Trinajstić information content (AvgIpc) is 2.82. The Morgan fingerprint density at radius 3 is 2.40 bits per heavy atom. The Bertz CT molecular complexity index is 721. The summed E-state index contributed by atoms with van der Waals surface area (Å²) in [4.78, 5) is 1.11. The van der Waals surface area contributed by atoms with Crippen LogP contribution in [-0.2, 0) is 10.0 Å². The molecule has 0 aliphatic carbocycles. The van der Waals surface area contributed by atoms with Gasteiger partial charge in [0, 0.05) is 11.9 Å². The number of rotatable bonds is 4. The first-order valence-corrected chi connectivity index (χ1v) is 8.79. The minimum absolute atomic E-state index is 0.232. The van der Waals surface area contributed by atoms with Gasteiger partial charge in [0.25, 0.3) is 10.0 Å². The highest BCUT2D eigenvalue weighted by Gasteiger charge is 2.18. The second-order valence-electron chi connectivity index (χ2n) is 4.14. The SMILES string of the molecule is Cc1ccc(S(=O)(=O)N(C)/N=C\c2ccc(Br)s2)cc1. The molecule has 2 aromatic rings. The van der Waals surface area contributed by atoms with Crippen molar-refractivity contribution in [3.05, 3.63) is 50.6 Å². The van der Waals surface area contributed by atoms with Gasteiger partial charge in [-0.1, -0.05) is 17.7 Å². The lowest BCUT2D eigenvalue weighted by atomic mass is 10.2. The summed E-state index contributed by atoms with van der Waals surface area (Å²) >= 11 is 4.83. The third-order valence-electron chi connectivity index (χ3n) is 2.61. The fourth-order valence-corrected chi connectivity index (χ4v) is 3.71. The molecule has 0 radical (unpaired) electrons. The Kier molecular flexibility index (Phi) is 4.62. The largest absolute Gasteiger partial charge is 0.278 e. The normalized spacial score (nSPS) is 11.9. The second kappa shape index (κ2) is 6.07. The third kappa shape index (κ3) is 3.47. The van der Waals surface area contributed by atoms with Gasteiger partial charge >= 0.3 is 0 Å². The minimum atomic E-state index is -3.59. The standard InChI is InChI=1S/C13H13BrN2O2S2/c1-10-3-6-12(7-4-10)20(17,18)16(2)15-9-11-5-8-13(14)19-11/h3-9H,1-2H3/b15-9-. The summed E-state index contributed by atoms with van der Waals surface area (Å²) in [5.41, 5.74) is 1.01. The smallest absolute Gasteiger partial charge is 0.200 e. The molecule has 7 heteroatoms. The molecule has 0 amide bonds. The molecule has 0 aliphatic rings. The van der Waals surface area contributed by atoms with Gasteiger partial charge in [-0.25, -0.2) is 0 Å². The maximum absolute atomic E-state index is 12.3. The van der Waals surface area contributed by atoms with Gasteiger partial charge in [-0.3, -0.25) is 0 Å². The van der Waals surface area contributed by atoms with Crippen molar-refractivity contribution < 1.29 is 8.42 Å². The van der Waals surface area contributed by atoms with Crippen molar-refractivity contribution in [1.29, 1.82) is 0 Å². The van der Waals surface area contributed by atoms with E-state index in [0.29, 0.717) is 0 Å². The maximum Gasteiger partial charge on any atom is 0.278 e. The van der Waals surface area contributed by atoms with Crippen LogP contribution in [0.5, 0.6) is 0 Å². The van der Waals surface area contributed by atoms with E-state index in [0.717, 1.165) is 18.6 Å². The molecule has 2 rings (SSSR count). The minimum Gasteiger partial charge on any atom is -0.200 e. The molecule has 4 nitrogen and oxygen atoms in total. The molecule has 1 aromatic carbocycles. The van der Waals surface area contributed by atoms with E-state index in [9.17, 15) is 8.42 Å². The highest BCUT2D eigenvalue weighted by Crippen LogP contribution is 2.21. The van der Waals surface area contributed by atoms with Gasteiger partial charge < -0.3 is 0 Å². The predicted molar refractivity (Wildman–Crippen MR) is 85.7 cm³/mol. The number of hydrogen-bond donors (Lipinski definition) is 0. The monoisotopic (exact) mass is 372 g/mol. The Morgan fingerprint density at radius 1 is 1.20 bits per heavy atom. The van der Waals surface area contributed by atoms with Crippen molar-refractivity contribution in [2.24, 2.45) is 5.10 Å². The van der Waals surface area contributed by atoms with Crippen LogP contribution in [0.2, 0.25) is 0 Å². The molecule has 0 unspecified atom stereocenters. The van der Waals surface area contributed by atoms with E-state index in [1.807, 2.05) is 19.1 Å². The second-order valence-corrected chi connectivity index (χ2v) is 8.58. The molecule has 0 fully saturated rings. The van der Waals surface area contributed by atoms with E-state index in [1.54, 1.807) is 24.3 Å². The summed E-state index contributed by atoms with van der Waals surface area (Å²) in [6.45, 7) is 1.91. The van der Waals surface area contributed by atoms with E-state index in [2.05, 4.69) is 21.0 Å². The lowest BCUT2D eigenvalue weighted by molar-refractivity contribution is 0.491. The molecule has 0 bridgehead atoms. The molecule has 0 saturated carbocycles. The van der Waals surface area contributed by atoms with E-state index in [4.69, 9.17) is 0 Å². The molecule has 0 N–H and O–H groups in total. The number of thiophene rings is 1. The third-order valence-corrected chi connectivity index (χ3v) is 5.82. The van der Waals surface area contributed by atoms with E-state index >= 15 is 0 Å². The fourth-order valence-electron chi connectivity index (χ4n) is 1.46. The lowest BCUT2D eigenvalue weighted by Crippen LogP contribution is -2.21.